The van der Waals surface area contributed by atoms with Crippen LogP contribution in [0.1, 0.15) is 11.1 Å². The van der Waals surface area contributed by atoms with Gasteiger partial charge in [0.1, 0.15) is 18.2 Å². The zero-order valence-electron chi connectivity index (χ0n) is 10.1. The molecule has 19 heavy (non-hydrogen) atoms. The summed E-state index contributed by atoms with van der Waals surface area (Å²) in [6, 6.07) is 14.6. The van der Waals surface area contributed by atoms with Crippen LogP contribution in [0.3, 0.4) is 0 Å². The highest BCUT2D eigenvalue weighted by atomic mass is 35.5. The second-order valence-electron chi connectivity index (χ2n) is 3.81. The monoisotopic (exact) mass is 296 g/mol. The topological polar surface area (TPSA) is 59.1 Å². The SMILES string of the molecule is Cl.N=C(N)c1ccccc1COc1ccc(Cl)cc1. The van der Waals surface area contributed by atoms with Gasteiger partial charge in [0.05, 0.1) is 0 Å². The first-order valence-electron chi connectivity index (χ1n) is 5.47. The fourth-order valence-corrected chi connectivity index (χ4v) is 1.73. The third kappa shape index (κ3) is 4.16. The molecular formula is C14H14Cl2N2O. The number of nitrogen functional groups attached to an aromatic ring is 1. The molecule has 0 atom stereocenters. The number of nitrogens with two attached hydrogens (primary N) is 1. The Balaban J connectivity index is 0.00000180. The molecular weight excluding hydrogens is 283 g/mol. The summed E-state index contributed by atoms with van der Waals surface area (Å²) in [5, 5.41) is 8.16. The van der Waals surface area contributed by atoms with E-state index in [2.05, 4.69) is 0 Å². The van der Waals surface area contributed by atoms with Gasteiger partial charge in [0.15, 0.2) is 0 Å². The zero-order chi connectivity index (χ0) is 13.0. The van der Waals surface area contributed by atoms with Crippen LogP contribution in [0.15, 0.2) is 48.5 Å². The standard InChI is InChI=1S/C14H13ClN2O.ClH/c15-11-5-7-12(8-6-11)18-9-10-3-1-2-4-13(10)14(16)17;/h1-8H,9H2,(H3,16,17);1H. The fourth-order valence-electron chi connectivity index (χ4n) is 1.60. The lowest BCUT2D eigenvalue weighted by molar-refractivity contribution is 0.306. The highest BCUT2D eigenvalue weighted by molar-refractivity contribution is 6.30. The molecule has 0 spiro atoms. The molecule has 0 bridgehead atoms. The first-order valence-corrected chi connectivity index (χ1v) is 5.85. The van der Waals surface area contributed by atoms with E-state index in [-0.39, 0.29) is 18.2 Å². The van der Waals surface area contributed by atoms with Gasteiger partial charge in [-0.1, -0.05) is 35.9 Å². The van der Waals surface area contributed by atoms with Crippen LogP contribution in [0.2, 0.25) is 5.02 Å². The van der Waals surface area contributed by atoms with Crippen molar-refractivity contribution in [3.8, 4) is 5.75 Å². The van der Waals surface area contributed by atoms with Crippen LogP contribution in [-0.4, -0.2) is 5.84 Å². The smallest absolute Gasteiger partial charge is 0.123 e. The molecule has 0 amide bonds. The number of amidine groups is 1. The Morgan fingerprint density at radius 1 is 1.11 bits per heavy atom. The normalized spacial score (nSPS) is 9.53. The minimum Gasteiger partial charge on any atom is -0.489 e. The predicted octanol–water partition coefficient (Wildman–Crippen LogP) is 3.62. The van der Waals surface area contributed by atoms with Gasteiger partial charge in [-0.25, -0.2) is 0 Å². The van der Waals surface area contributed by atoms with E-state index in [1.54, 1.807) is 24.3 Å². The van der Waals surface area contributed by atoms with E-state index in [1.165, 1.54) is 0 Å². The summed E-state index contributed by atoms with van der Waals surface area (Å²) in [6.07, 6.45) is 0. The van der Waals surface area contributed by atoms with Crippen molar-refractivity contribution >= 4 is 29.8 Å². The molecule has 0 fully saturated rings. The number of hydrogen-bond donors (Lipinski definition) is 2. The first kappa shape index (κ1) is 15.3. The summed E-state index contributed by atoms with van der Waals surface area (Å²) in [7, 11) is 0. The van der Waals surface area contributed by atoms with Crippen molar-refractivity contribution in [1.82, 2.24) is 0 Å². The van der Waals surface area contributed by atoms with E-state index in [4.69, 9.17) is 27.5 Å². The predicted molar refractivity (Wildman–Crippen MR) is 80.5 cm³/mol. The van der Waals surface area contributed by atoms with Crippen molar-refractivity contribution in [1.29, 1.82) is 5.41 Å². The Morgan fingerprint density at radius 2 is 1.74 bits per heavy atom. The van der Waals surface area contributed by atoms with E-state index in [9.17, 15) is 0 Å². The van der Waals surface area contributed by atoms with Gasteiger partial charge in [0.2, 0.25) is 0 Å². The number of benzene rings is 2. The fraction of sp³-hybridized carbons (Fsp3) is 0.0714. The van der Waals surface area contributed by atoms with Crippen molar-refractivity contribution in [2.24, 2.45) is 5.73 Å². The molecule has 0 aromatic heterocycles. The molecule has 0 saturated carbocycles. The Hall–Kier alpha value is -1.71. The Labute approximate surface area is 123 Å². The first-order chi connectivity index (χ1) is 8.66. The molecule has 0 unspecified atom stereocenters. The number of ether oxygens (including phenoxy) is 1. The van der Waals surface area contributed by atoms with Gasteiger partial charge in [0.25, 0.3) is 0 Å². The van der Waals surface area contributed by atoms with Crippen LogP contribution in [-0.2, 0) is 6.61 Å². The summed E-state index contributed by atoms with van der Waals surface area (Å²) in [4.78, 5) is 0. The number of halogens is 2. The number of nitrogens with one attached hydrogen (secondary N) is 1. The summed E-state index contributed by atoms with van der Waals surface area (Å²) in [5.74, 6) is 0.781. The van der Waals surface area contributed by atoms with Crippen molar-refractivity contribution < 1.29 is 4.74 Å². The van der Waals surface area contributed by atoms with Crippen LogP contribution in [0, 0.1) is 5.41 Å². The number of rotatable bonds is 4. The minimum atomic E-state index is 0. The van der Waals surface area contributed by atoms with E-state index < -0.39 is 0 Å². The largest absolute Gasteiger partial charge is 0.489 e. The summed E-state index contributed by atoms with van der Waals surface area (Å²) >= 11 is 5.80. The molecule has 0 aliphatic heterocycles. The molecule has 2 aromatic rings. The van der Waals surface area contributed by atoms with E-state index in [0.29, 0.717) is 17.2 Å². The molecule has 0 aliphatic rings. The van der Waals surface area contributed by atoms with Crippen LogP contribution in [0.4, 0.5) is 0 Å². The summed E-state index contributed by atoms with van der Waals surface area (Å²) < 4.78 is 5.63. The maximum atomic E-state index is 7.49. The maximum absolute atomic E-state index is 7.49. The highest BCUT2D eigenvalue weighted by Crippen LogP contribution is 2.18. The molecule has 3 nitrogen and oxygen atoms in total. The molecule has 0 aliphatic carbocycles. The van der Waals surface area contributed by atoms with Gasteiger partial charge in [-0.2, -0.15) is 0 Å². The van der Waals surface area contributed by atoms with Crippen LogP contribution >= 0.6 is 24.0 Å². The second kappa shape index (κ2) is 7.02. The Kier molecular flexibility index (Phi) is 5.67. The molecule has 3 N–H and O–H groups in total. The van der Waals surface area contributed by atoms with Gasteiger partial charge < -0.3 is 10.5 Å². The van der Waals surface area contributed by atoms with E-state index >= 15 is 0 Å². The van der Waals surface area contributed by atoms with Crippen LogP contribution in [0.25, 0.3) is 0 Å². The quantitative estimate of drug-likeness (QED) is 0.669. The van der Waals surface area contributed by atoms with Gasteiger partial charge in [0, 0.05) is 16.1 Å². The van der Waals surface area contributed by atoms with Crippen molar-refractivity contribution in [2.75, 3.05) is 0 Å². The molecule has 0 saturated heterocycles. The van der Waals surface area contributed by atoms with Crippen molar-refractivity contribution in [3.63, 3.8) is 0 Å². The minimum absolute atomic E-state index is 0. The molecule has 2 rings (SSSR count). The van der Waals surface area contributed by atoms with E-state index in [1.807, 2.05) is 24.3 Å². The third-order valence-electron chi connectivity index (χ3n) is 2.52. The molecule has 0 radical (unpaired) electrons. The Morgan fingerprint density at radius 3 is 2.37 bits per heavy atom. The summed E-state index contributed by atoms with van der Waals surface area (Å²) in [5.41, 5.74) is 7.10. The lowest BCUT2D eigenvalue weighted by Crippen LogP contribution is -2.14. The van der Waals surface area contributed by atoms with Crippen molar-refractivity contribution in [2.45, 2.75) is 6.61 Å². The van der Waals surface area contributed by atoms with Gasteiger partial charge in [-0.15, -0.1) is 12.4 Å². The van der Waals surface area contributed by atoms with Crippen LogP contribution in [0.5, 0.6) is 5.75 Å². The average molecular weight is 297 g/mol. The highest BCUT2D eigenvalue weighted by Gasteiger charge is 2.05. The lowest BCUT2D eigenvalue weighted by atomic mass is 10.1. The summed E-state index contributed by atoms with van der Waals surface area (Å²) in [6.45, 7) is 0.372. The van der Waals surface area contributed by atoms with Gasteiger partial charge >= 0.3 is 0 Å². The van der Waals surface area contributed by atoms with Crippen LogP contribution < -0.4 is 10.5 Å². The average Bonchev–Trinajstić information content (AvgIpc) is 2.38. The van der Waals surface area contributed by atoms with E-state index in [0.717, 1.165) is 11.3 Å². The zero-order valence-corrected chi connectivity index (χ0v) is 11.7. The third-order valence-corrected chi connectivity index (χ3v) is 2.77. The molecule has 2 aromatic carbocycles. The number of hydrogen-bond acceptors (Lipinski definition) is 2. The second-order valence-corrected chi connectivity index (χ2v) is 4.25. The van der Waals surface area contributed by atoms with Crippen molar-refractivity contribution in [3.05, 3.63) is 64.7 Å². The molecule has 100 valence electrons. The Bertz CT molecular complexity index is 556. The maximum Gasteiger partial charge on any atom is 0.123 e. The molecule has 5 heteroatoms. The van der Waals surface area contributed by atoms with Gasteiger partial charge in [-0.05, 0) is 24.3 Å². The molecule has 0 heterocycles. The lowest BCUT2D eigenvalue weighted by Gasteiger charge is -2.10. The van der Waals surface area contributed by atoms with Gasteiger partial charge in [-0.3, -0.25) is 5.41 Å².